The second-order valence-electron chi connectivity index (χ2n) is 5.73. The molecule has 21 heavy (non-hydrogen) atoms. The summed E-state index contributed by atoms with van der Waals surface area (Å²) in [7, 11) is 0. The topological polar surface area (TPSA) is 91.6 Å². The summed E-state index contributed by atoms with van der Waals surface area (Å²) in [6.45, 7) is 1.86. The molecule has 1 heterocycles. The van der Waals surface area contributed by atoms with Gasteiger partial charge in [-0.3, -0.25) is 0 Å². The third kappa shape index (κ3) is 4.00. The second-order valence-corrected chi connectivity index (χ2v) is 5.73. The molecule has 0 bridgehead atoms. The van der Waals surface area contributed by atoms with E-state index < -0.39 is 17.5 Å². The van der Waals surface area contributed by atoms with E-state index in [1.165, 1.54) is 0 Å². The van der Waals surface area contributed by atoms with Gasteiger partial charge in [0, 0.05) is 12.5 Å². The molecule has 2 amide bonds. The standard InChI is InChI=1S/C15H22N2O4/c1-11(10-12-6-5-9-21-12)16-14(20)17-15(13(18)19)7-3-2-4-8-15/h5-6,9,11H,2-4,7-8,10H2,1H3,(H,18,19)(H2,16,17,20). The average molecular weight is 294 g/mol. The van der Waals surface area contributed by atoms with Crippen LogP contribution < -0.4 is 10.6 Å². The number of carbonyl (C=O) groups is 2. The van der Waals surface area contributed by atoms with Gasteiger partial charge in [0.05, 0.1) is 6.26 Å². The summed E-state index contributed by atoms with van der Waals surface area (Å²) < 4.78 is 5.23. The number of carboxylic acid groups (broad SMARTS) is 1. The molecule has 1 fully saturated rings. The zero-order valence-corrected chi connectivity index (χ0v) is 12.2. The van der Waals surface area contributed by atoms with Crippen molar-refractivity contribution < 1.29 is 19.1 Å². The lowest BCUT2D eigenvalue weighted by Gasteiger charge is -2.34. The number of nitrogens with one attached hydrogen (secondary N) is 2. The third-order valence-electron chi connectivity index (χ3n) is 3.93. The highest BCUT2D eigenvalue weighted by Gasteiger charge is 2.41. The Kier molecular flexibility index (Phi) is 4.88. The quantitative estimate of drug-likeness (QED) is 0.777. The monoisotopic (exact) mass is 294 g/mol. The number of carbonyl (C=O) groups excluding carboxylic acids is 1. The summed E-state index contributed by atoms with van der Waals surface area (Å²) >= 11 is 0. The van der Waals surface area contributed by atoms with Gasteiger partial charge < -0.3 is 20.2 Å². The van der Waals surface area contributed by atoms with Gasteiger partial charge in [0.15, 0.2) is 0 Å². The molecule has 0 saturated heterocycles. The molecular weight excluding hydrogens is 272 g/mol. The van der Waals surface area contributed by atoms with Gasteiger partial charge >= 0.3 is 12.0 Å². The Morgan fingerprint density at radius 1 is 1.38 bits per heavy atom. The van der Waals surface area contributed by atoms with Crippen molar-refractivity contribution in [3.05, 3.63) is 24.2 Å². The van der Waals surface area contributed by atoms with Crippen molar-refractivity contribution in [2.75, 3.05) is 0 Å². The zero-order chi connectivity index (χ0) is 15.3. The number of amides is 2. The zero-order valence-electron chi connectivity index (χ0n) is 12.2. The highest BCUT2D eigenvalue weighted by atomic mass is 16.4. The van der Waals surface area contributed by atoms with Gasteiger partial charge in [0.25, 0.3) is 0 Å². The molecule has 3 N–H and O–H groups in total. The fourth-order valence-corrected chi connectivity index (χ4v) is 2.81. The average Bonchev–Trinajstić information content (AvgIpc) is 2.92. The number of hydrogen-bond acceptors (Lipinski definition) is 3. The number of carboxylic acids is 1. The number of furan rings is 1. The maximum Gasteiger partial charge on any atom is 0.329 e. The molecule has 0 aromatic carbocycles. The van der Waals surface area contributed by atoms with Crippen LogP contribution in [0.3, 0.4) is 0 Å². The van der Waals surface area contributed by atoms with Crippen molar-refractivity contribution in [3.63, 3.8) is 0 Å². The van der Waals surface area contributed by atoms with Crippen LogP contribution in [0.15, 0.2) is 22.8 Å². The molecule has 1 aliphatic carbocycles. The molecule has 1 atom stereocenters. The Balaban J connectivity index is 1.88. The summed E-state index contributed by atoms with van der Waals surface area (Å²) in [6.07, 6.45) is 5.81. The van der Waals surface area contributed by atoms with Crippen molar-refractivity contribution in [2.45, 2.75) is 57.0 Å². The van der Waals surface area contributed by atoms with Crippen molar-refractivity contribution in [1.29, 1.82) is 0 Å². The van der Waals surface area contributed by atoms with E-state index in [-0.39, 0.29) is 6.04 Å². The Morgan fingerprint density at radius 3 is 2.67 bits per heavy atom. The largest absolute Gasteiger partial charge is 0.480 e. The number of rotatable bonds is 5. The predicted octanol–water partition coefficient (Wildman–Crippen LogP) is 2.30. The van der Waals surface area contributed by atoms with Crippen LogP contribution in [0.25, 0.3) is 0 Å². The SMILES string of the molecule is CC(Cc1ccco1)NC(=O)NC1(C(=O)O)CCCCC1. The summed E-state index contributed by atoms with van der Waals surface area (Å²) in [5.41, 5.74) is -1.12. The van der Waals surface area contributed by atoms with Crippen molar-refractivity contribution in [3.8, 4) is 0 Å². The molecule has 6 heteroatoms. The normalized spacial score (nSPS) is 18.7. The first kappa shape index (κ1) is 15.4. The van der Waals surface area contributed by atoms with Crippen LogP contribution in [0.2, 0.25) is 0 Å². The highest BCUT2D eigenvalue weighted by molar-refractivity contribution is 5.86. The van der Waals surface area contributed by atoms with Crippen molar-refractivity contribution in [1.82, 2.24) is 10.6 Å². The Bertz CT molecular complexity index is 478. The number of urea groups is 1. The second kappa shape index (κ2) is 6.65. The summed E-state index contributed by atoms with van der Waals surface area (Å²) in [6, 6.07) is 3.07. The van der Waals surface area contributed by atoms with Gasteiger partial charge in [-0.25, -0.2) is 9.59 Å². The summed E-state index contributed by atoms with van der Waals surface area (Å²) in [5, 5.41) is 14.9. The Morgan fingerprint density at radius 2 is 2.10 bits per heavy atom. The van der Waals surface area contributed by atoms with E-state index in [2.05, 4.69) is 10.6 Å². The fraction of sp³-hybridized carbons (Fsp3) is 0.600. The van der Waals surface area contributed by atoms with E-state index in [0.717, 1.165) is 25.0 Å². The van der Waals surface area contributed by atoms with Crippen LogP contribution in [0, 0.1) is 0 Å². The van der Waals surface area contributed by atoms with Crippen molar-refractivity contribution >= 4 is 12.0 Å². The van der Waals surface area contributed by atoms with Gasteiger partial charge in [-0.1, -0.05) is 19.3 Å². The lowest BCUT2D eigenvalue weighted by Crippen LogP contribution is -2.59. The van der Waals surface area contributed by atoms with E-state index >= 15 is 0 Å². The van der Waals surface area contributed by atoms with Crippen LogP contribution >= 0.6 is 0 Å². The molecule has 1 aromatic heterocycles. The molecular formula is C15H22N2O4. The molecule has 1 unspecified atom stereocenters. The molecule has 6 nitrogen and oxygen atoms in total. The maximum absolute atomic E-state index is 12.0. The van der Waals surface area contributed by atoms with E-state index in [1.807, 2.05) is 13.0 Å². The van der Waals surface area contributed by atoms with Gasteiger partial charge in [-0.05, 0) is 31.9 Å². The lowest BCUT2D eigenvalue weighted by molar-refractivity contribution is -0.145. The van der Waals surface area contributed by atoms with Crippen LogP contribution in [0.5, 0.6) is 0 Å². The summed E-state index contributed by atoms with van der Waals surface area (Å²) in [5.74, 6) is -0.163. The molecule has 0 radical (unpaired) electrons. The first-order chi connectivity index (χ1) is 10.0. The lowest BCUT2D eigenvalue weighted by atomic mass is 9.82. The van der Waals surface area contributed by atoms with E-state index in [9.17, 15) is 14.7 Å². The first-order valence-electron chi connectivity index (χ1n) is 7.36. The number of hydrogen-bond donors (Lipinski definition) is 3. The molecule has 0 spiro atoms. The van der Waals surface area contributed by atoms with Gasteiger partial charge in [-0.2, -0.15) is 0 Å². The van der Waals surface area contributed by atoms with E-state index in [0.29, 0.717) is 19.3 Å². The minimum Gasteiger partial charge on any atom is -0.480 e. The molecule has 0 aliphatic heterocycles. The Hall–Kier alpha value is -1.98. The predicted molar refractivity (Wildman–Crippen MR) is 77.0 cm³/mol. The summed E-state index contributed by atoms with van der Waals surface area (Å²) in [4.78, 5) is 23.5. The van der Waals surface area contributed by atoms with Gasteiger partial charge in [0.2, 0.25) is 0 Å². The highest BCUT2D eigenvalue weighted by Crippen LogP contribution is 2.28. The Labute approximate surface area is 123 Å². The minimum absolute atomic E-state index is 0.134. The van der Waals surface area contributed by atoms with Crippen LogP contribution in [0.1, 0.15) is 44.8 Å². The van der Waals surface area contributed by atoms with Crippen LogP contribution in [0.4, 0.5) is 4.79 Å². The molecule has 1 saturated carbocycles. The van der Waals surface area contributed by atoms with Gasteiger partial charge in [0.1, 0.15) is 11.3 Å². The van der Waals surface area contributed by atoms with Crippen LogP contribution in [-0.2, 0) is 11.2 Å². The molecule has 2 rings (SSSR count). The van der Waals surface area contributed by atoms with E-state index in [1.54, 1.807) is 12.3 Å². The smallest absolute Gasteiger partial charge is 0.329 e. The molecule has 116 valence electrons. The van der Waals surface area contributed by atoms with Crippen LogP contribution in [-0.4, -0.2) is 28.7 Å². The third-order valence-corrected chi connectivity index (χ3v) is 3.93. The maximum atomic E-state index is 12.0. The fourth-order valence-electron chi connectivity index (χ4n) is 2.81. The minimum atomic E-state index is -1.12. The van der Waals surface area contributed by atoms with Gasteiger partial charge in [-0.15, -0.1) is 0 Å². The molecule has 1 aromatic rings. The van der Waals surface area contributed by atoms with Crippen molar-refractivity contribution in [2.24, 2.45) is 0 Å². The van der Waals surface area contributed by atoms with E-state index in [4.69, 9.17) is 4.42 Å². The first-order valence-corrected chi connectivity index (χ1v) is 7.36. The molecule has 1 aliphatic rings. The number of aliphatic carboxylic acids is 1.